The SMILES string of the molecule is CCC(NC(=O)c1ccc(C(C)C)c(Cl)c1)C(=O)O. The average molecular weight is 284 g/mol. The number of carboxylic acids is 1. The molecule has 0 radical (unpaired) electrons. The van der Waals surface area contributed by atoms with Gasteiger partial charge in [-0.3, -0.25) is 4.79 Å². The molecule has 1 aromatic rings. The lowest BCUT2D eigenvalue weighted by Crippen LogP contribution is -2.40. The first-order valence-electron chi connectivity index (χ1n) is 6.19. The second-order valence-corrected chi connectivity index (χ2v) is 5.07. The molecule has 0 heterocycles. The zero-order valence-corrected chi connectivity index (χ0v) is 12.0. The maximum atomic E-state index is 11.9. The molecule has 104 valence electrons. The fourth-order valence-electron chi connectivity index (χ4n) is 1.72. The van der Waals surface area contributed by atoms with Gasteiger partial charge in [-0.15, -0.1) is 0 Å². The highest BCUT2D eigenvalue weighted by Crippen LogP contribution is 2.25. The Bertz CT molecular complexity index is 486. The molecule has 0 aliphatic heterocycles. The first kappa shape index (κ1) is 15.5. The van der Waals surface area contributed by atoms with Gasteiger partial charge in [0.25, 0.3) is 5.91 Å². The van der Waals surface area contributed by atoms with Crippen molar-refractivity contribution in [3.63, 3.8) is 0 Å². The minimum absolute atomic E-state index is 0.270. The van der Waals surface area contributed by atoms with E-state index >= 15 is 0 Å². The van der Waals surface area contributed by atoms with Gasteiger partial charge < -0.3 is 10.4 Å². The Balaban J connectivity index is 2.89. The standard InChI is InChI=1S/C14H18ClNO3/c1-4-12(14(18)19)16-13(17)9-5-6-10(8(2)3)11(15)7-9/h5-8,12H,4H2,1-3H3,(H,16,17)(H,18,19). The van der Waals surface area contributed by atoms with Gasteiger partial charge in [0.2, 0.25) is 0 Å². The van der Waals surface area contributed by atoms with Crippen LogP contribution in [0.5, 0.6) is 0 Å². The lowest BCUT2D eigenvalue weighted by atomic mass is 10.0. The first-order chi connectivity index (χ1) is 8.86. The summed E-state index contributed by atoms with van der Waals surface area (Å²) in [6, 6.07) is 4.14. The Labute approximate surface area is 117 Å². The highest BCUT2D eigenvalue weighted by Gasteiger charge is 2.19. The zero-order valence-electron chi connectivity index (χ0n) is 11.2. The molecule has 1 aromatic carbocycles. The summed E-state index contributed by atoms with van der Waals surface area (Å²) in [7, 11) is 0. The number of carbonyl (C=O) groups is 2. The van der Waals surface area contributed by atoms with E-state index in [0.29, 0.717) is 17.0 Å². The van der Waals surface area contributed by atoms with Gasteiger partial charge >= 0.3 is 5.97 Å². The molecule has 4 nitrogen and oxygen atoms in total. The molecule has 2 N–H and O–H groups in total. The van der Waals surface area contributed by atoms with Gasteiger partial charge in [0.05, 0.1) is 0 Å². The monoisotopic (exact) mass is 283 g/mol. The van der Waals surface area contributed by atoms with Crippen molar-refractivity contribution < 1.29 is 14.7 Å². The van der Waals surface area contributed by atoms with Gasteiger partial charge in [-0.25, -0.2) is 4.79 Å². The minimum atomic E-state index is -1.04. The molecule has 1 rings (SSSR count). The fraction of sp³-hybridized carbons (Fsp3) is 0.429. The number of amides is 1. The Morgan fingerprint density at radius 1 is 1.37 bits per heavy atom. The van der Waals surface area contributed by atoms with E-state index in [-0.39, 0.29) is 5.92 Å². The van der Waals surface area contributed by atoms with Gasteiger partial charge in [0, 0.05) is 10.6 Å². The summed E-state index contributed by atoms with van der Waals surface area (Å²) >= 11 is 6.11. The maximum absolute atomic E-state index is 11.9. The summed E-state index contributed by atoms with van der Waals surface area (Å²) in [6.45, 7) is 5.73. The van der Waals surface area contributed by atoms with Crippen molar-refractivity contribution >= 4 is 23.5 Å². The quantitative estimate of drug-likeness (QED) is 0.873. The summed E-state index contributed by atoms with van der Waals surface area (Å²) in [5, 5.41) is 11.9. The van der Waals surface area contributed by atoms with Crippen LogP contribution >= 0.6 is 11.6 Å². The van der Waals surface area contributed by atoms with Crippen molar-refractivity contribution in [2.75, 3.05) is 0 Å². The van der Waals surface area contributed by atoms with Crippen molar-refractivity contribution in [1.29, 1.82) is 0 Å². The van der Waals surface area contributed by atoms with Crippen molar-refractivity contribution in [1.82, 2.24) is 5.32 Å². The number of hydrogen-bond acceptors (Lipinski definition) is 2. The van der Waals surface area contributed by atoms with E-state index in [2.05, 4.69) is 5.32 Å². The normalized spacial score (nSPS) is 12.3. The molecule has 1 unspecified atom stereocenters. The van der Waals surface area contributed by atoms with Crippen LogP contribution in [0.15, 0.2) is 18.2 Å². The predicted octanol–water partition coefficient (Wildman–Crippen LogP) is 3.06. The van der Waals surface area contributed by atoms with Crippen LogP contribution < -0.4 is 5.32 Å². The van der Waals surface area contributed by atoms with Gasteiger partial charge in [-0.1, -0.05) is 38.4 Å². The smallest absolute Gasteiger partial charge is 0.326 e. The molecular formula is C14H18ClNO3. The van der Waals surface area contributed by atoms with Crippen LogP contribution in [-0.4, -0.2) is 23.0 Å². The van der Waals surface area contributed by atoms with Crippen LogP contribution in [0.4, 0.5) is 0 Å². The molecule has 0 aliphatic rings. The van der Waals surface area contributed by atoms with Gasteiger partial charge in [0.1, 0.15) is 6.04 Å². The van der Waals surface area contributed by atoms with E-state index < -0.39 is 17.9 Å². The Hall–Kier alpha value is -1.55. The van der Waals surface area contributed by atoms with Crippen LogP contribution in [0, 0.1) is 0 Å². The van der Waals surface area contributed by atoms with Gasteiger partial charge in [-0.05, 0) is 30.0 Å². The number of hydrogen-bond donors (Lipinski definition) is 2. The fourth-order valence-corrected chi connectivity index (χ4v) is 2.12. The molecule has 1 atom stereocenters. The molecule has 0 fully saturated rings. The Morgan fingerprint density at radius 3 is 2.42 bits per heavy atom. The van der Waals surface area contributed by atoms with E-state index in [9.17, 15) is 9.59 Å². The molecule has 5 heteroatoms. The van der Waals surface area contributed by atoms with E-state index in [1.54, 1.807) is 25.1 Å². The van der Waals surface area contributed by atoms with E-state index in [1.165, 1.54) is 0 Å². The Morgan fingerprint density at radius 2 is 2.00 bits per heavy atom. The lowest BCUT2D eigenvalue weighted by molar-refractivity contribution is -0.139. The van der Waals surface area contributed by atoms with Crippen LogP contribution in [0.25, 0.3) is 0 Å². The number of nitrogens with one attached hydrogen (secondary N) is 1. The molecule has 19 heavy (non-hydrogen) atoms. The summed E-state index contributed by atoms with van der Waals surface area (Å²) in [5.74, 6) is -1.20. The summed E-state index contributed by atoms with van der Waals surface area (Å²) in [4.78, 5) is 22.8. The van der Waals surface area contributed by atoms with Crippen molar-refractivity contribution in [2.24, 2.45) is 0 Å². The molecule has 0 spiro atoms. The predicted molar refractivity (Wildman–Crippen MR) is 74.7 cm³/mol. The maximum Gasteiger partial charge on any atom is 0.326 e. The molecule has 0 aliphatic carbocycles. The third-order valence-corrected chi connectivity index (χ3v) is 3.22. The van der Waals surface area contributed by atoms with Gasteiger partial charge in [-0.2, -0.15) is 0 Å². The number of carboxylic acid groups (broad SMARTS) is 1. The summed E-state index contributed by atoms with van der Waals surface area (Å²) < 4.78 is 0. The number of rotatable bonds is 5. The van der Waals surface area contributed by atoms with Crippen LogP contribution in [-0.2, 0) is 4.79 Å². The van der Waals surface area contributed by atoms with E-state index in [4.69, 9.17) is 16.7 Å². The van der Waals surface area contributed by atoms with Crippen LogP contribution in [0.1, 0.15) is 49.0 Å². The second kappa shape index (κ2) is 6.57. The minimum Gasteiger partial charge on any atom is -0.480 e. The zero-order chi connectivity index (χ0) is 14.6. The largest absolute Gasteiger partial charge is 0.480 e. The molecule has 0 aromatic heterocycles. The number of aliphatic carboxylic acids is 1. The highest BCUT2D eigenvalue weighted by molar-refractivity contribution is 6.31. The lowest BCUT2D eigenvalue weighted by Gasteiger charge is -2.13. The number of benzene rings is 1. The molecule has 1 amide bonds. The topological polar surface area (TPSA) is 66.4 Å². The third kappa shape index (κ3) is 3.96. The summed E-state index contributed by atoms with van der Waals surface area (Å²) in [6.07, 6.45) is 0.332. The first-order valence-corrected chi connectivity index (χ1v) is 6.57. The number of halogens is 1. The second-order valence-electron chi connectivity index (χ2n) is 4.66. The van der Waals surface area contributed by atoms with Gasteiger partial charge in [0.15, 0.2) is 0 Å². The molecular weight excluding hydrogens is 266 g/mol. The van der Waals surface area contributed by atoms with Crippen molar-refractivity contribution in [2.45, 2.75) is 39.2 Å². The highest BCUT2D eigenvalue weighted by atomic mass is 35.5. The van der Waals surface area contributed by atoms with Crippen molar-refractivity contribution in [3.8, 4) is 0 Å². The van der Waals surface area contributed by atoms with E-state index in [0.717, 1.165) is 5.56 Å². The molecule has 0 bridgehead atoms. The third-order valence-electron chi connectivity index (χ3n) is 2.90. The van der Waals surface area contributed by atoms with Crippen LogP contribution in [0.2, 0.25) is 5.02 Å². The van der Waals surface area contributed by atoms with Crippen LogP contribution in [0.3, 0.4) is 0 Å². The Kier molecular flexibility index (Phi) is 5.36. The average Bonchev–Trinajstić information content (AvgIpc) is 2.34. The number of carbonyl (C=O) groups excluding carboxylic acids is 1. The molecule has 0 saturated carbocycles. The summed E-state index contributed by atoms with van der Waals surface area (Å²) in [5.41, 5.74) is 1.33. The van der Waals surface area contributed by atoms with Crippen molar-refractivity contribution in [3.05, 3.63) is 34.3 Å². The van der Waals surface area contributed by atoms with E-state index in [1.807, 2.05) is 13.8 Å². The molecule has 0 saturated heterocycles.